The number of anilines is 1. The minimum atomic E-state index is -1.14. The number of ether oxygens (including phenoxy) is 4. The van der Waals surface area contributed by atoms with Crippen molar-refractivity contribution in [1.82, 2.24) is 10.6 Å². The van der Waals surface area contributed by atoms with Crippen molar-refractivity contribution < 1.29 is 42.9 Å². The van der Waals surface area contributed by atoms with Crippen LogP contribution >= 0.6 is 21.6 Å². The van der Waals surface area contributed by atoms with Gasteiger partial charge < -0.3 is 34.9 Å². The highest BCUT2D eigenvalue weighted by Crippen LogP contribution is 2.25. The van der Waals surface area contributed by atoms with Gasteiger partial charge in [-0.3, -0.25) is 4.79 Å². The number of rotatable bonds is 12. The van der Waals surface area contributed by atoms with E-state index in [0.717, 1.165) is 16.4 Å². The van der Waals surface area contributed by atoms with Gasteiger partial charge >= 0.3 is 24.1 Å². The van der Waals surface area contributed by atoms with E-state index in [2.05, 4.69) is 16.0 Å². The molecule has 2 aromatic carbocycles. The number of hydrogen-bond acceptors (Lipinski definition) is 11. The Morgan fingerprint density at radius 3 is 1.40 bits per heavy atom. The molecule has 45 heavy (non-hydrogen) atoms. The number of esters is 2. The van der Waals surface area contributed by atoms with E-state index in [1.807, 2.05) is 6.92 Å². The lowest BCUT2D eigenvalue weighted by molar-refractivity contribution is -0.137. The number of carbonyl (C=O) groups excluding carboxylic acids is 5. The minimum Gasteiger partial charge on any atom is -0.444 e. The summed E-state index contributed by atoms with van der Waals surface area (Å²) in [7, 11) is 2.33. The summed E-state index contributed by atoms with van der Waals surface area (Å²) in [4.78, 5) is 62.4. The highest BCUT2D eigenvalue weighted by Gasteiger charge is 2.29. The Balaban J connectivity index is 2.10. The highest BCUT2D eigenvalue weighted by atomic mass is 33.1. The molecule has 0 radical (unpaired) electrons. The molecule has 2 unspecified atom stereocenters. The number of alkyl carbamates (subject to hydrolysis) is 2. The summed E-state index contributed by atoms with van der Waals surface area (Å²) in [5.41, 5.74) is -0.0886. The molecule has 12 nitrogen and oxygen atoms in total. The average molecular weight is 664 g/mol. The van der Waals surface area contributed by atoms with Crippen LogP contribution in [0.15, 0.2) is 48.5 Å². The van der Waals surface area contributed by atoms with Gasteiger partial charge in [-0.15, -0.1) is 0 Å². The Kier molecular flexibility index (Phi) is 14.1. The first kappa shape index (κ1) is 37.3. The van der Waals surface area contributed by atoms with E-state index in [1.54, 1.807) is 77.9 Å². The maximum Gasteiger partial charge on any atom is 0.408 e. The van der Waals surface area contributed by atoms with Crippen LogP contribution in [0.4, 0.5) is 15.3 Å². The van der Waals surface area contributed by atoms with Crippen molar-refractivity contribution in [2.75, 3.05) is 16.8 Å². The van der Waals surface area contributed by atoms with Crippen molar-refractivity contribution in [3.8, 4) is 11.5 Å². The normalized spacial score (nSPS) is 12.6. The maximum absolute atomic E-state index is 13.1. The van der Waals surface area contributed by atoms with Crippen LogP contribution in [0.2, 0.25) is 0 Å². The van der Waals surface area contributed by atoms with Gasteiger partial charge in [-0.1, -0.05) is 39.3 Å². The van der Waals surface area contributed by atoms with E-state index in [4.69, 9.17) is 18.9 Å². The average Bonchev–Trinajstić information content (AvgIpc) is 2.89. The molecule has 0 aliphatic rings. The fourth-order valence-corrected chi connectivity index (χ4v) is 5.56. The third-order valence-electron chi connectivity index (χ3n) is 5.14. The summed E-state index contributed by atoms with van der Waals surface area (Å²) in [6.45, 7) is 13.4. The molecule has 0 aromatic heterocycles. The summed E-state index contributed by atoms with van der Waals surface area (Å²) in [5.74, 6) is -1.13. The quantitative estimate of drug-likeness (QED) is 0.112. The molecule has 0 spiro atoms. The molecule has 0 saturated heterocycles. The Bertz CT molecular complexity index is 1320. The van der Waals surface area contributed by atoms with Crippen LogP contribution in [0.25, 0.3) is 0 Å². The van der Waals surface area contributed by atoms with Gasteiger partial charge in [0.1, 0.15) is 34.8 Å². The molecule has 2 atom stereocenters. The van der Waals surface area contributed by atoms with E-state index in [9.17, 15) is 24.0 Å². The van der Waals surface area contributed by atoms with Crippen LogP contribution < -0.4 is 25.4 Å². The van der Waals surface area contributed by atoms with Crippen LogP contribution in [0, 0.1) is 6.92 Å². The maximum atomic E-state index is 13.1. The second-order valence-electron chi connectivity index (χ2n) is 11.8. The monoisotopic (exact) mass is 663 g/mol. The lowest BCUT2D eigenvalue weighted by atomic mass is 10.2. The first-order valence-electron chi connectivity index (χ1n) is 14.0. The van der Waals surface area contributed by atoms with Crippen molar-refractivity contribution in [2.45, 2.75) is 78.7 Å². The summed E-state index contributed by atoms with van der Waals surface area (Å²) >= 11 is 0. The number of nitrogens with one attached hydrogen (secondary N) is 3. The molecule has 0 aliphatic carbocycles. The number of carbonyl (C=O) groups is 5. The zero-order chi connectivity index (χ0) is 33.8. The Labute approximate surface area is 271 Å². The van der Waals surface area contributed by atoms with Crippen LogP contribution in [0.1, 0.15) is 54.0 Å². The Morgan fingerprint density at radius 2 is 1.04 bits per heavy atom. The number of benzene rings is 2. The van der Waals surface area contributed by atoms with Crippen LogP contribution in [-0.4, -0.2) is 64.8 Å². The second-order valence-corrected chi connectivity index (χ2v) is 14.4. The molecule has 0 fully saturated rings. The van der Waals surface area contributed by atoms with E-state index >= 15 is 0 Å². The molecular formula is C31H41N3O9S2. The standard InChI is InChI=1S/C31H41N3O9S2/c1-19-9-13-22(14-10-19)40-26(36)24(33-28(38)42-30(3,4)5)17-44-45-18-25(34-29(39)43-31(6,7)8)27(37)41-23-15-11-21(12-16-23)32-20(2)35/h9-16,24-25H,17-18H2,1-8H3,(H,32,35)(H,33,38)(H,34,39). The lowest BCUT2D eigenvalue weighted by Gasteiger charge is -2.23. The van der Waals surface area contributed by atoms with Crippen LogP contribution in [0.5, 0.6) is 11.5 Å². The van der Waals surface area contributed by atoms with Crippen molar-refractivity contribution in [1.29, 1.82) is 0 Å². The van der Waals surface area contributed by atoms with E-state index < -0.39 is 47.4 Å². The molecule has 2 rings (SSSR count). The zero-order valence-electron chi connectivity index (χ0n) is 26.7. The third kappa shape index (κ3) is 15.6. The van der Waals surface area contributed by atoms with Gasteiger partial charge in [0.15, 0.2) is 0 Å². The van der Waals surface area contributed by atoms with Gasteiger partial charge in [-0.2, -0.15) is 0 Å². The molecule has 3 N–H and O–H groups in total. The first-order valence-corrected chi connectivity index (χ1v) is 16.5. The predicted octanol–water partition coefficient (Wildman–Crippen LogP) is 5.63. The van der Waals surface area contributed by atoms with Crippen molar-refractivity contribution >= 4 is 57.3 Å². The predicted molar refractivity (Wildman–Crippen MR) is 174 cm³/mol. The summed E-state index contributed by atoms with van der Waals surface area (Å²) in [6, 6.07) is 10.8. The van der Waals surface area contributed by atoms with Gasteiger partial charge in [-0.25, -0.2) is 19.2 Å². The number of hydrogen-bond donors (Lipinski definition) is 3. The van der Waals surface area contributed by atoms with Gasteiger partial charge in [0, 0.05) is 24.1 Å². The summed E-state index contributed by atoms with van der Waals surface area (Å²) < 4.78 is 21.6. The Morgan fingerprint density at radius 1 is 0.667 bits per heavy atom. The van der Waals surface area contributed by atoms with Gasteiger partial charge in [0.25, 0.3) is 0 Å². The largest absolute Gasteiger partial charge is 0.444 e. The molecule has 0 aliphatic heterocycles. The van der Waals surface area contributed by atoms with E-state index in [1.165, 1.54) is 29.9 Å². The van der Waals surface area contributed by atoms with Gasteiger partial charge in [0.2, 0.25) is 5.91 Å². The number of amides is 3. The first-order chi connectivity index (χ1) is 20.9. The summed E-state index contributed by atoms with van der Waals surface area (Å²) in [5, 5.41) is 7.69. The second kappa shape index (κ2) is 17.0. The molecule has 0 bridgehead atoms. The van der Waals surface area contributed by atoms with Crippen molar-refractivity contribution in [2.24, 2.45) is 0 Å². The van der Waals surface area contributed by atoms with E-state index in [0.29, 0.717) is 11.4 Å². The van der Waals surface area contributed by atoms with Crippen molar-refractivity contribution in [3.63, 3.8) is 0 Å². The SMILES string of the molecule is CC(=O)Nc1ccc(OC(=O)C(CSSCC(NC(=O)OC(C)(C)C)C(=O)Oc2ccc(C)cc2)NC(=O)OC(C)(C)C)cc1. The lowest BCUT2D eigenvalue weighted by Crippen LogP contribution is -2.47. The van der Waals surface area contributed by atoms with Crippen LogP contribution in [0.3, 0.4) is 0 Å². The molecule has 3 amide bonds. The molecule has 14 heteroatoms. The van der Waals surface area contributed by atoms with E-state index in [-0.39, 0.29) is 23.2 Å². The molecule has 246 valence electrons. The third-order valence-corrected chi connectivity index (χ3v) is 7.56. The fourth-order valence-electron chi connectivity index (χ4n) is 3.26. The molecule has 2 aromatic rings. The minimum absolute atomic E-state index is 0.0267. The van der Waals surface area contributed by atoms with Gasteiger partial charge in [-0.05, 0) is 84.9 Å². The Hall–Kier alpha value is -3.91. The molecule has 0 saturated carbocycles. The van der Waals surface area contributed by atoms with Crippen LogP contribution in [-0.2, 0) is 23.9 Å². The number of aryl methyl sites for hydroxylation is 1. The van der Waals surface area contributed by atoms with Crippen molar-refractivity contribution in [3.05, 3.63) is 54.1 Å². The summed E-state index contributed by atoms with van der Waals surface area (Å²) in [6.07, 6.45) is -1.61. The highest BCUT2D eigenvalue weighted by molar-refractivity contribution is 8.76. The van der Waals surface area contributed by atoms with Gasteiger partial charge in [0.05, 0.1) is 0 Å². The molecule has 0 heterocycles. The topological polar surface area (TPSA) is 158 Å². The fraction of sp³-hybridized carbons (Fsp3) is 0.452. The smallest absolute Gasteiger partial charge is 0.408 e. The zero-order valence-corrected chi connectivity index (χ0v) is 28.3. The molecular weight excluding hydrogens is 622 g/mol.